The number of imidazole rings is 1. The summed E-state index contributed by atoms with van der Waals surface area (Å²) < 4.78 is 30.2. The molecule has 1 aliphatic heterocycles. The predicted molar refractivity (Wildman–Crippen MR) is 110 cm³/mol. The van der Waals surface area contributed by atoms with Gasteiger partial charge in [-0.05, 0) is 30.3 Å². The van der Waals surface area contributed by atoms with Gasteiger partial charge in [0, 0.05) is 24.7 Å². The Morgan fingerprint density at radius 3 is 2.81 bits per heavy atom. The molecule has 0 unspecified atom stereocenters. The molecule has 5 rings (SSSR count). The number of amides is 1. The highest BCUT2D eigenvalue weighted by molar-refractivity contribution is 6.34. The minimum absolute atomic E-state index is 0.00694. The standard InChI is InChI=1S/C16H10ClN5O2.C4H7F2N/c17-11-5-4-10(15-19-9-24-21-15)7-12(11)20-16(23)13-8-18-14-3-1-2-6-22(13)14;5-4(6)1-2-7-3-4/h1-9H,(H,20,23);7H,1-3H2. The average molecular weight is 447 g/mol. The molecule has 0 radical (unpaired) electrons. The second-order valence-electron chi connectivity index (χ2n) is 6.76. The Morgan fingerprint density at radius 2 is 2.13 bits per heavy atom. The summed E-state index contributed by atoms with van der Waals surface area (Å²) in [7, 11) is 0. The van der Waals surface area contributed by atoms with Gasteiger partial charge >= 0.3 is 0 Å². The van der Waals surface area contributed by atoms with E-state index in [9.17, 15) is 13.6 Å². The number of fused-ring (bicyclic) bond motifs is 1. The predicted octanol–water partition coefficient (Wildman–Crippen LogP) is 3.91. The Balaban J connectivity index is 0.000000282. The van der Waals surface area contributed by atoms with Crippen LogP contribution in [0.15, 0.2) is 59.7 Å². The van der Waals surface area contributed by atoms with E-state index in [-0.39, 0.29) is 18.9 Å². The number of rotatable bonds is 3. The first-order valence-corrected chi connectivity index (χ1v) is 9.69. The lowest BCUT2D eigenvalue weighted by molar-refractivity contribution is 0.0238. The fourth-order valence-corrected chi connectivity index (χ4v) is 3.14. The molecule has 11 heteroatoms. The first-order chi connectivity index (χ1) is 14.9. The van der Waals surface area contributed by atoms with Crippen LogP contribution in [0.5, 0.6) is 0 Å². The summed E-state index contributed by atoms with van der Waals surface area (Å²) in [6.45, 7) is 0.333. The van der Waals surface area contributed by atoms with Crippen molar-refractivity contribution in [3.63, 3.8) is 0 Å². The first-order valence-electron chi connectivity index (χ1n) is 9.31. The van der Waals surface area contributed by atoms with E-state index in [1.165, 1.54) is 12.6 Å². The molecule has 3 aromatic heterocycles. The highest BCUT2D eigenvalue weighted by Crippen LogP contribution is 2.27. The van der Waals surface area contributed by atoms with Crippen molar-refractivity contribution >= 4 is 28.8 Å². The fraction of sp³-hybridized carbons (Fsp3) is 0.200. The van der Waals surface area contributed by atoms with E-state index in [0.29, 0.717) is 40.0 Å². The molecule has 1 saturated heterocycles. The van der Waals surface area contributed by atoms with Crippen molar-refractivity contribution in [3.05, 3.63) is 65.9 Å². The molecule has 1 aliphatic rings. The zero-order chi connectivity index (χ0) is 21.8. The molecule has 31 heavy (non-hydrogen) atoms. The average Bonchev–Trinajstić information content (AvgIpc) is 3.50. The molecule has 0 saturated carbocycles. The number of benzene rings is 1. The Morgan fingerprint density at radius 1 is 1.26 bits per heavy atom. The Labute approximate surface area is 180 Å². The Hall–Kier alpha value is -3.37. The molecule has 0 atom stereocenters. The number of carbonyl (C=O) groups excluding carboxylic acids is 1. The summed E-state index contributed by atoms with van der Waals surface area (Å²) in [4.78, 5) is 20.7. The number of alkyl halides is 2. The maximum Gasteiger partial charge on any atom is 0.274 e. The van der Waals surface area contributed by atoms with E-state index in [1.807, 2.05) is 18.2 Å². The van der Waals surface area contributed by atoms with Gasteiger partial charge in [-0.1, -0.05) is 22.8 Å². The van der Waals surface area contributed by atoms with Crippen molar-refractivity contribution < 1.29 is 18.1 Å². The van der Waals surface area contributed by atoms with Crippen LogP contribution in [0.1, 0.15) is 16.9 Å². The van der Waals surface area contributed by atoms with E-state index in [2.05, 4.69) is 25.8 Å². The third-order valence-electron chi connectivity index (χ3n) is 4.53. The number of hydrogen-bond acceptors (Lipinski definition) is 6. The molecule has 4 heterocycles. The van der Waals surface area contributed by atoms with Crippen LogP contribution in [0.3, 0.4) is 0 Å². The first kappa shape index (κ1) is 20.9. The maximum atomic E-state index is 12.6. The van der Waals surface area contributed by atoms with Crippen LogP contribution in [0, 0.1) is 0 Å². The molecule has 0 aliphatic carbocycles. The van der Waals surface area contributed by atoms with Gasteiger partial charge in [-0.3, -0.25) is 9.20 Å². The number of aromatic nitrogens is 4. The van der Waals surface area contributed by atoms with E-state index in [1.54, 1.807) is 28.8 Å². The van der Waals surface area contributed by atoms with E-state index in [4.69, 9.17) is 16.1 Å². The summed E-state index contributed by atoms with van der Waals surface area (Å²) >= 11 is 6.18. The molecule has 0 spiro atoms. The molecular weight excluding hydrogens is 430 g/mol. The topological polar surface area (TPSA) is 97.3 Å². The molecule has 4 aromatic rings. The molecule has 1 aromatic carbocycles. The lowest BCUT2D eigenvalue weighted by atomic mass is 10.2. The summed E-state index contributed by atoms with van der Waals surface area (Å²) in [6.07, 6.45) is 4.53. The zero-order valence-corrected chi connectivity index (χ0v) is 16.8. The normalized spacial score (nSPS) is 14.8. The Kier molecular flexibility index (Phi) is 5.92. The second-order valence-corrected chi connectivity index (χ2v) is 7.17. The summed E-state index contributed by atoms with van der Waals surface area (Å²) in [5, 5.41) is 9.53. The lowest BCUT2D eigenvalue weighted by Gasteiger charge is -2.08. The van der Waals surface area contributed by atoms with Gasteiger partial charge in [-0.25, -0.2) is 13.8 Å². The number of hydrogen-bond donors (Lipinski definition) is 2. The third kappa shape index (κ3) is 4.86. The Bertz CT molecular complexity index is 1190. The van der Waals surface area contributed by atoms with Gasteiger partial charge in [-0.2, -0.15) is 4.98 Å². The second kappa shape index (κ2) is 8.78. The van der Waals surface area contributed by atoms with Crippen molar-refractivity contribution in [2.24, 2.45) is 0 Å². The number of nitrogens with one attached hydrogen (secondary N) is 2. The largest absolute Gasteiger partial charge is 0.342 e. The minimum Gasteiger partial charge on any atom is -0.342 e. The fourth-order valence-electron chi connectivity index (χ4n) is 2.98. The van der Waals surface area contributed by atoms with E-state index >= 15 is 0 Å². The number of halogens is 3. The van der Waals surface area contributed by atoms with Crippen LogP contribution in [0.4, 0.5) is 14.5 Å². The molecule has 1 fully saturated rings. The van der Waals surface area contributed by atoms with Crippen molar-refractivity contribution in [1.29, 1.82) is 0 Å². The van der Waals surface area contributed by atoms with Crippen LogP contribution in [-0.2, 0) is 0 Å². The highest BCUT2D eigenvalue weighted by Gasteiger charge is 2.32. The number of nitrogens with zero attached hydrogens (tertiary/aromatic N) is 4. The quantitative estimate of drug-likeness (QED) is 0.495. The maximum absolute atomic E-state index is 12.6. The van der Waals surface area contributed by atoms with Gasteiger partial charge in [-0.15, -0.1) is 0 Å². The number of anilines is 1. The minimum atomic E-state index is -2.42. The van der Waals surface area contributed by atoms with Crippen LogP contribution >= 0.6 is 11.6 Å². The molecule has 160 valence electrons. The third-order valence-corrected chi connectivity index (χ3v) is 4.86. The van der Waals surface area contributed by atoms with Crippen LogP contribution in [0.2, 0.25) is 5.02 Å². The lowest BCUT2D eigenvalue weighted by Crippen LogP contribution is -2.18. The summed E-state index contributed by atoms with van der Waals surface area (Å²) in [6, 6.07) is 10.6. The van der Waals surface area contributed by atoms with Crippen LogP contribution < -0.4 is 10.6 Å². The molecule has 1 amide bonds. The number of carbonyl (C=O) groups is 1. The van der Waals surface area contributed by atoms with Crippen molar-refractivity contribution in [2.45, 2.75) is 12.3 Å². The van der Waals surface area contributed by atoms with Crippen molar-refractivity contribution in [1.82, 2.24) is 24.8 Å². The molecule has 8 nitrogen and oxygen atoms in total. The van der Waals surface area contributed by atoms with Gasteiger partial charge in [0.1, 0.15) is 11.3 Å². The highest BCUT2D eigenvalue weighted by atomic mass is 35.5. The van der Waals surface area contributed by atoms with Gasteiger partial charge in [0.25, 0.3) is 11.8 Å². The molecular formula is C20H17ClF2N6O2. The van der Waals surface area contributed by atoms with Crippen LogP contribution in [0.25, 0.3) is 17.0 Å². The summed E-state index contributed by atoms with van der Waals surface area (Å²) in [5.41, 5.74) is 2.23. The molecule has 0 bridgehead atoms. The van der Waals surface area contributed by atoms with E-state index < -0.39 is 5.92 Å². The zero-order valence-electron chi connectivity index (χ0n) is 16.1. The molecule has 2 N–H and O–H groups in total. The summed E-state index contributed by atoms with van der Waals surface area (Å²) in [5.74, 6) is -2.32. The van der Waals surface area contributed by atoms with Crippen LogP contribution in [-0.4, -0.2) is 44.4 Å². The van der Waals surface area contributed by atoms with Crippen molar-refractivity contribution in [3.8, 4) is 11.4 Å². The smallest absolute Gasteiger partial charge is 0.274 e. The van der Waals surface area contributed by atoms with Gasteiger partial charge in [0.15, 0.2) is 0 Å². The van der Waals surface area contributed by atoms with E-state index in [0.717, 1.165) is 0 Å². The van der Waals surface area contributed by atoms with Crippen molar-refractivity contribution in [2.75, 3.05) is 18.4 Å². The number of pyridine rings is 1. The SMILES string of the molecule is FC1(F)CCNC1.O=C(Nc1cc(-c2ncon2)ccc1Cl)c1cnc2ccccn12. The van der Waals surface area contributed by atoms with Gasteiger partial charge in [0.2, 0.25) is 12.2 Å². The van der Waals surface area contributed by atoms with Gasteiger partial charge in [0.05, 0.1) is 23.5 Å². The van der Waals surface area contributed by atoms with Gasteiger partial charge < -0.3 is 15.2 Å². The monoisotopic (exact) mass is 446 g/mol.